The van der Waals surface area contributed by atoms with E-state index in [9.17, 15) is 13.2 Å². The van der Waals surface area contributed by atoms with Gasteiger partial charge in [0.05, 0.1) is 24.5 Å². The lowest BCUT2D eigenvalue weighted by Crippen LogP contribution is -2.41. The van der Waals surface area contributed by atoms with Crippen LogP contribution in [0.15, 0.2) is 61.2 Å². The van der Waals surface area contributed by atoms with Crippen LogP contribution in [-0.2, 0) is 10.0 Å². The summed E-state index contributed by atoms with van der Waals surface area (Å²) in [4.78, 5) is 12.8. The molecule has 0 radical (unpaired) electrons. The summed E-state index contributed by atoms with van der Waals surface area (Å²) in [5.41, 5.74) is 1.51. The monoisotopic (exact) mass is 414 g/mol. The number of carbonyl (C=O) groups is 1. The van der Waals surface area contributed by atoms with Crippen LogP contribution in [0, 0.1) is 0 Å². The molecule has 1 amide bonds. The van der Waals surface area contributed by atoms with Gasteiger partial charge >= 0.3 is 0 Å². The highest BCUT2D eigenvalue weighted by molar-refractivity contribution is 7.92. The topological polar surface area (TPSA) is 75.7 Å². The van der Waals surface area contributed by atoms with Crippen molar-refractivity contribution >= 4 is 21.6 Å². The summed E-state index contributed by atoms with van der Waals surface area (Å²) in [5, 5.41) is 3.08. The molecule has 0 fully saturated rings. The zero-order valence-electron chi connectivity index (χ0n) is 16.9. The maximum absolute atomic E-state index is 12.8. The number of rotatable bonds is 6. The third-order valence-electron chi connectivity index (χ3n) is 4.79. The highest BCUT2D eigenvalue weighted by Crippen LogP contribution is 2.39. The molecule has 2 aromatic rings. The molecule has 0 unspecified atom stereocenters. The number of nitrogens with one attached hydrogen (secondary N) is 1. The molecule has 0 aliphatic carbocycles. The lowest BCUT2D eigenvalue weighted by atomic mass is 9.89. The van der Waals surface area contributed by atoms with E-state index in [1.54, 1.807) is 24.3 Å². The fourth-order valence-corrected chi connectivity index (χ4v) is 4.38. The molecule has 1 atom stereocenters. The second-order valence-electron chi connectivity index (χ2n) is 7.76. The molecule has 0 saturated heterocycles. The quantitative estimate of drug-likeness (QED) is 0.732. The van der Waals surface area contributed by atoms with E-state index in [1.165, 1.54) is 10.4 Å². The highest BCUT2D eigenvalue weighted by Gasteiger charge is 2.34. The average molecular weight is 415 g/mol. The molecule has 2 aromatic carbocycles. The Balaban J connectivity index is 1.80. The lowest BCUT2D eigenvalue weighted by Gasteiger charge is -2.37. The van der Waals surface area contributed by atoms with Crippen LogP contribution in [-0.4, -0.2) is 32.7 Å². The minimum Gasteiger partial charge on any atom is -0.487 e. The van der Waals surface area contributed by atoms with Gasteiger partial charge in [-0.1, -0.05) is 24.3 Å². The predicted molar refractivity (Wildman–Crippen MR) is 115 cm³/mol. The third kappa shape index (κ3) is 4.79. The van der Waals surface area contributed by atoms with Crippen LogP contribution in [0.4, 0.5) is 5.69 Å². The van der Waals surface area contributed by atoms with Crippen LogP contribution < -0.4 is 14.4 Å². The number of amides is 1. The van der Waals surface area contributed by atoms with Crippen molar-refractivity contribution in [2.45, 2.75) is 31.9 Å². The number of para-hydroxylation sites is 1. The number of fused-ring (bicyclic) bond motifs is 1. The van der Waals surface area contributed by atoms with Gasteiger partial charge in [-0.25, -0.2) is 8.42 Å². The fourth-order valence-electron chi connectivity index (χ4n) is 3.50. The smallest absolute Gasteiger partial charge is 0.251 e. The first kappa shape index (κ1) is 20.9. The van der Waals surface area contributed by atoms with Crippen molar-refractivity contribution in [2.75, 3.05) is 17.1 Å². The summed E-state index contributed by atoms with van der Waals surface area (Å²) >= 11 is 0. The van der Waals surface area contributed by atoms with Crippen LogP contribution >= 0.6 is 0 Å². The molecule has 0 saturated carbocycles. The standard InChI is InChI=1S/C22H26N2O4S/c1-5-14-24(29(4,26)27)17-12-10-16(11-13-17)21(25)23-19-15-22(2,3)28-20-9-7-6-8-18(19)20/h5-13,19H,1,14-15H2,2-4H3,(H,23,25)/t19-/m0/s1. The van der Waals surface area contributed by atoms with Crippen molar-refractivity contribution in [1.82, 2.24) is 5.32 Å². The molecular weight excluding hydrogens is 388 g/mol. The lowest BCUT2D eigenvalue weighted by molar-refractivity contribution is 0.0619. The summed E-state index contributed by atoms with van der Waals surface area (Å²) in [6.45, 7) is 7.76. The molecule has 1 N–H and O–H groups in total. The van der Waals surface area contributed by atoms with Gasteiger partial charge in [0.1, 0.15) is 11.4 Å². The number of carbonyl (C=O) groups excluding carboxylic acids is 1. The molecule has 7 heteroatoms. The first-order chi connectivity index (χ1) is 13.6. The minimum absolute atomic E-state index is 0.165. The molecule has 0 bridgehead atoms. The second kappa shape index (κ2) is 7.91. The van der Waals surface area contributed by atoms with E-state index in [4.69, 9.17) is 4.74 Å². The number of anilines is 1. The summed E-state index contributed by atoms with van der Waals surface area (Å²) < 4.78 is 31.2. The number of hydrogen-bond acceptors (Lipinski definition) is 4. The predicted octanol–water partition coefficient (Wildman–Crippen LogP) is 3.67. The number of sulfonamides is 1. The van der Waals surface area contributed by atoms with E-state index >= 15 is 0 Å². The molecule has 1 heterocycles. The van der Waals surface area contributed by atoms with Crippen LogP contribution in [0.2, 0.25) is 0 Å². The Morgan fingerprint density at radius 2 is 1.90 bits per heavy atom. The fraction of sp³-hybridized carbons (Fsp3) is 0.318. The molecule has 3 rings (SSSR count). The van der Waals surface area contributed by atoms with E-state index in [-0.39, 0.29) is 18.5 Å². The first-order valence-corrected chi connectivity index (χ1v) is 11.2. The number of hydrogen-bond donors (Lipinski definition) is 1. The summed E-state index contributed by atoms with van der Waals surface area (Å²) in [7, 11) is -3.43. The van der Waals surface area contributed by atoms with Crippen LogP contribution in [0.3, 0.4) is 0 Å². The summed E-state index contributed by atoms with van der Waals surface area (Å²) in [6, 6.07) is 14.0. The van der Waals surface area contributed by atoms with Crippen molar-refractivity contribution in [3.8, 4) is 5.75 Å². The molecule has 1 aliphatic heterocycles. The minimum atomic E-state index is -3.43. The molecule has 29 heavy (non-hydrogen) atoms. The molecule has 1 aliphatic rings. The van der Waals surface area contributed by atoms with Crippen molar-refractivity contribution in [3.05, 3.63) is 72.3 Å². The van der Waals surface area contributed by atoms with E-state index in [0.717, 1.165) is 17.6 Å². The van der Waals surface area contributed by atoms with Crippen molar-refractivity contribution < 1.29 is 17.9 Å². The van der Waals surface area contributed by atoms with Gasteiger partial charge in [0.2, 0.25) is 10.0 Å². The van der Waals surface area contributed by atoms with Crippen molar-refractivity contribution in [2.24, 2.45) is 0 Å². The van der Waals surface area contributed by atoms with Crippen LogP contribution in [0.25, 0.3) is 0 Å². The van der Waals surface area contributed by atoms with E-state index in [1.807, 2.05) is 38.1 Å². The van der Waals surface area contributed by atoms with Gasteiger partial charge < -0.3 is 10.1 Å². The van der Waals surface area contributed by atoms with E-state index < -0.39 is 15.6 Å². The second-order valence-corrected chi connectivity index (χ2v) is 9.67. The Hall–Kier alpha value is -2.80. The molecular formula is C22H26N2O4S. The summed E-state index contributed by atoms with van der Waals surface area (Å²) in [5.74, 6) is 0.557. The van der Waals surface area contributed by atoms with Gasteiger partial charge in [0.25, 0.3) is 5.91 Å². The Labute approximate surface area is 172 Å². The van der Waals surface area contributed by atoms with Crippen molar-refractivity contribution in [1.29, 1.82) is 0 Å². The van der Waals surface area contributed by atoms with Crippen LogP contribution in [0.1, 0.15) is 42.2 Å². The SMILES string of the molecule is C=CCN(c1ccc(C(=O)N[C@H]2CC(C)(C)Oc3ccccc32)cc1)S(C)(=O)=O. The maximum Gasteiger partial charge on any atom is 0.251 e. The van der Waals surface area contributed by atoms with E-state index in [2.05, 4.69) is 11.9 Å². The van der Waals surface area contributed by atoms with Gasteiger partial charge in [0.15, 0.2) is 0 Å². The zero-order chi connectivity index (χ0) is 21.2. The number of nitrogens with zero attached hydrogens (tertiary/aromatic N) is 1. The van der Waals surface area contributed by atoms with Gasteiger partial charge in [-0.2, -0.15) is 0 Å². The zero-order valence-corrected chi connectivity index (χ0v) is 17.7. The summed E-state index contributed by atoms with van der Waals surface area (Å²) in [6.07, 6.45) is 3.31. The van der Waals surface area contributed by atoms with Gasteiger partial charge in [-0.3, -0.25) is 9.10 Å². The Kier molecular flexibility index (Phi) is 5.71. The van der Waals surface area contributed by atoms with Gasteiger partial charge in [0, 0.05) is 17.5 Å². The third-order valence-corrected chi connectivity index (χ3v) is 5.95. The normalized spacial score (nSPS) is 17.6. The Bertz CT molecular complexity index is 1010. The molecule has 154 valence electrons. The number of benzene rings is 2. The largest absolute Gasteiger partial charge is 0.487 e. The first-order valence-electron chi connectivity index (χ1n) is 9.38. The van der Waals surface area contributed by atoms with Gasteiger partial charge in [-0.15, -0.1) is 6.58 Å². The molecule has 0 aromatic heterocycles. The maximum atomic E-state index is 12.8. The molecule has 6 nitrogen and oxygen atoms in total. The molecule has 0 spiro atoms. The van der Waals surface area contributed by atoms with Crippen molar-refractivity contribution in [3.63, 3.8) is 0 Å². The average Bonchev–Trinajstić information content (AvgIpc) is 2.64. The van der Waals surface area contributed by atoms with Crippen LogP contribution in [0.5, 0.6) is 5.75 Å². The van der Waals surface area contributed by atoms with E-state index in [0.29, 0.717) is 17.7 Å². The van der Waals surface area contributed by atoms with Gasteiger partial charge in [-0.05, 0) is 44.2 Å². The Morgan fingerprint density at radius 1 is 1.24 bits per heavy atom. The Morgan fingerprint density at radius 3 is 2.52 bits per heavy atom. The number of ether oxygens (including phenoxy) is 1. The highest BCUT2D eigenvalue weighted by atomic mass is 32.2.